The van der Waals surface area contributed by atoms with Gasteiger partial charge in [-0.3, -0.25) is 4.79 Å². The third kappa shape index (κ3) is 3.35. The number of nitrogens with zero attached hydrogens (tertiary/aromatic N) is 1. The van der Waals surface area contributed by atoms with Crippen LogP contribution in [-0.2, 0) is 6.54 Å². The van der Waals surface area contributed by atoms with Gasteiger partial charge in [0.05, 0.1) is 0 Å². The van der Waals surface area contributed by atoms with Crippen molar-refractivity contribution in [2.24, 2.45) is 0 Å². The van der Waals surface area contributed by atoms with Gasteiger partial charge >= 0.3 is 0 Å². The second-order valence-electron chi connectivity index (χ2n) is 3.13. The van der Waals surface area contributed by atoms with E-state index < -0.39 is 0 Å². The Morgan fingerprint density at radius 1 is 1.46 bits per heavy atom. The second-order valence-corrected chi connectivity index (χ2v) is 3.92. The molecule has 0 fully saturated rings. The number of rotatable bonds is 4. The van der Waals surface area contributed by atoms with Gasteiger partial charge in [0.15, 0.2) is 0 Å². The summed E-state index contributed by atoms with van der Waals surface area (Å²) in [6, 6.07) is 3.64. The fourth-order valence-electron chi connectivity index (χ4n) is 1.17. The summed E-state index contributed by atoms with van der Waals surface area (Å²) in [5.74, 6) is 0. The first-order chi connectivity index (χ1) is 6.24. The van der Waals surface area contributed by atoms with Crippen molar-refractivity contribution in [1.82, 2.24) is 4.57 Å². The van der Waals surface area contributed by atoms with Crippen LogP contribution in [0.5, 0.6) is 0 Å². The van der Waals surface area contributed by atoms with Gasteiger partial charge in [0.2, 0.25) is 0 Å². The van der Waals surface area contributed by atoms with Crippen LogP contribution in [0, 0.1) is 6.92 Å². The first-order valence-electron chi connectivity index (χ1n) is 4.47. The maximum absolute atomic E-state index is 11.4. The lowest BCUT2D eigenvalue weighted by molar-refractivity contribution is 0.616. The van der Waals surface area contributed by atoms with Crippen LogP contribution in [0.4, 0.5) is 0 Å². The van der Waals surface area contributed by atoms with E-state index in [4.69, 9.17) is 0 Å². The van der Waals surface area contributed by atoms with Crippen molar-refractivity contribution in [1.29, 1.82) is 0 Å². The van der Waals surface area contributed by atoms with E-state index in [2.05, 4.69) is 15.9 Å². The van der Waals surface area contributed by atoms with Gasteiger partial charge in [-0.25, -0.2) is 0 Å². The molecule has 3 heteroatoms. The van der Waals surface area contributed by atoms with E-state index in [9.17, 15) is 4.79 Å². The molecule has 0 amide bonds. The third-order valence-corrected chi connectivity index (χ3v) is 2.49. The molecule has 0 aliphatic carbocycles. The fraction of sp³-hybridized carbons (Fsp3) is 0.500. The van der Waals surface area contributed by atoms with Gasteiger partial charge in [0.1, 0.15) is 0 Å². The molecule has 1 aromatic heterocycles. The number of aromatic nitrogens is 1. The summed E-state index contributed by atoms with van der Waals surface area (Å²) >= 11 is 3.37. The van der Waals surface area contributed by atoms with Crippen LogP contribution in [0.25, 0.3) is 0 Å². The summed E-state index contributed by atoms with van der Waals surface area (Å²) in [7, 11) is 0. The van der Waals surface area contributed by atoms with E-state index in [1.54, 1.807) is 10.6 Å². The number of hydrogen-bond donors (Lipinski definition) is 0. The number of halogens is 1. The normalized spacial score (nSPS) is 10.3. The van der Waals surface area contributed by atoms with Gasteiger partial charge in [-0.1, -0.05) is 15.9 Å². The summed E-state index contributed by atoms with van der Waals surface area (Å²) < 4.78 is 1.76. The minimum Gasteiger partial charge on any atom is -0.316 e. The Labute approximate surface area is 86.7 Å². The molecule has 2 nitrogen and oxygen atoms in total. The molecular formula is C10H14BrNO. The highest BCUT2D eigenvalue weighted by atomic mass is 79.9. The number of pyridine rings is 1. The van der Waals surface area contributed by atoms with Crippen LogP contribution in [-0.4, -0.2) is 9.90 Å². The monoisotopic (exact) mass is 243 g/mol. The third-order valence-electron chi connectivity index (χ3n) is 1.93. The van der Waals surface area contributed by atoms with Gasteiger partial charge in [-0.15, -0.1) is 0 Å². The molecule has 0 aliphatic heterocycles. The zero-order chi connectivity index (χ0) is 9.68. The molecule has 0 atom stereocenters. The van der Waals surface area contributed by atoms with Crippen molar-refractivity contribution < 1.29 is 0 Å². The molecule has 1 aromatic rings. The van der Waals surface area contributed by atoms with Crippen molar-refractivity contribution in [3.05, 3.63) is 34.2 Å². The molecule has 0 unspecified atom stereocenters. The van der Waals surface area contributed by atoms with Gasteiger partial charge in [0.25, 0.3) is 5.56 Å². The quantitative estimate of drug-likeness (QED) is 0.588. The van der Waals surface area contributed by atoms with Crippen LogP contribution < -0.4 is 5.56 Å². The minimum absolute atomic E-state index is 0.106. The molecular weight excluding hydrogens is 230 g/mol. The first-order valence-corrected chi connectivity index (χ1v) is 5.59. The predicted octanol–water partition coefficient (Wildman–Crippen LogP) is 2.33. The predicted molar refractivity (Wildman–Crippen MR) is 58.5 cm³/mol. The van der Waals surface area contributed by atoms with Crippen molar-refractivity contribution in [2.75, 3.05) is 5.33 Å². The van der Waals surface area contributed by atoms with Gasteiger partial charge in [0, 0.05) is 24.1 Å². The SMILES string of the molecule is Cc1ccn(CCCCBr)c(=O)c1. The molecule has 0 saturated heterocycles. The fourth-order valence-corrected chi connectivity index (χ4v) is 1.56. The minimum atomic E-state index is 0.106. The van der Waals surface area contributed by atoms with Crippen molar-refractivity contribution in [3.8, 4) is 0 Å². The van der Waals surface area contributed by atoms with Crippen molar-refractivity contribution in [3.63, 3.8) is 0 Å². The van der Waals surface area contributed by atoms with Crippen LogP contribution in [0.2, 0.25) is 0 Å². The molecule has 0 aromatic carbocycles. The molecule has 0 spiro atoms. The van der Waals surface area contributed by atoms with Gasteiger partial charge < -0.3 is 4.57 Å². The number of unbranched alkanes of at least 4 members (excludes halogenated alkanes) is 1. The van der Waals surface area contributed by atoms with Crippen LogP contribution in [0.1, 0.15) is 18.4 Å². The largest absolute Gasteiger partial charge is 0.316 e. The van der Waals surface area contributed by atoms with E-state index in [1.807, 2.05) is 19.2 Å². The van der Waals surface area contributed by atoms with Crippen molar-refractivity contribution in [2.45, 2.75) is 26.3 Å². The van der Waals surface area contributed by atoms with E-state index in [1.165, 1.54) is 0 Å². The van der Waals surface area contributed by atoms with E-state index in [-0.39, 0.29) is 5.56 Å². The smallest absolute Gasteiger partial charge is 0.250 e. The zero-order valence-corrected chi connectivity index (χ0v) is 9.38. The van der Waals surface area contributed by atoms with E-state index in [0.717, 1.165) is 30.3 Å². The lowest BCUT2D eigenvalue weighted by Crippen LogP contribution is -2.18. The maximum atomic E-state index is 11.4. The Kier molecular flexibility index (Phi) is 4.22. The van der Waals surface area contributed by atoms with Crippen LogP contribution in [0.15, 0.2) is 23.1 Å². The summed E-state index contributed by atoms with van der Waals surface area (Å²) in [5, 5.41) is 1.01. The Morgan fingerprint density at radius 2 is 2.23 bits per heavy atom. The Bertz CT molecular complexity index is 319. The summed E-state index contributed by atoms with van der Waals surface area (Å²) in [4.78, 5) is 11.4. The van der Waals surface area contributed by atoms with Gasteiger partial charge in [-0.05, 0) is 31.4 Å². The zero-order valence-electron chi connectivity index (χ0n) is 7.79. The molecule has 0 N–H and O–H groups in total. The number of aryl methyl sites for hydroxylation is 2. The average Bonchev–Trinajstić information content (AvgIpc) is 2.09. The van der Waals surface area contributed by atoms with Gasteiger partial charge in [-0.2, -0.15) is 0 Å². The molecule has 0 radical (unpaired) electrons. The lowest BCUT2D eigenvalue weighted by atomic mass is 10.3. The molecule has 13 heavy (non-hydrogen) atoms. The molecule has 0 saturated carbocycles. The Balaban J connectivity index is 2.62. The molecule has 0 bridgehead atoms. The average molecular weight is 244 g/mol. The highest BCUT2D eigenvalue weighted by Gasteiger charge is 1.94. The molecule has 0 aliphatic rings. The number of hydrogen-bond acceptors (Lipinski definition) is 1. The molecule has 72 valence electrons. The summed E-state index contributed by atoms with van der Waals surface area (Å²) in [6.45, 7) is 2.76. The second kappa shape index (κ2) is 5.22. The molecule has 1 rings (SSSR count). The van der Waals surface area contributed by atoms with Crippen LogP contribution in [0.3, 0.4) is 0 Å². The Hall–Kier alpha value is -0.570. The van der Waals surface area contributed by atoms with E-state index in [0.29, 0.717) is 0 Å². The Morgan fingerprint density at radius 3 is 2.85 bits per heavy atom. The summed E-state index contributed by atoms with van der Waals surface area (Å²) in [5.41, 5.74) is 1.14. The van der Waals surface area contributed by atoms with Crippen LogP contribution >= 0.6 is 15.9 Å². The highest BCUT2D eigenvalue weighted by molar-refractivity contribution is 9.09. The lowest BCUT2D eigenvalue weighted by Gasteiger charge is -2.04. The topological polar surface area (TPSA) is 22.0 Å². The maximum Gasteiger partial charge on any atom is 0.250 e. The van der Waals surface area contributed by atoms with E-state index >= 15 is 0 Å². The molecule has 1 heterocycles. The highest BCUT2D eigenvalue weighted by Crippen LogP contribution is 1.97. The van der Waals surface area contributed by atoms with Crippen molar-refractivity contribution >= 4 is 15.9 Å². The number of alkyl halides is 1. The standard InChI is InChI=1S/C10H14BrNO/c1-9-4-7-12(10(13)8-9)6-3-2-5-11/h4,7-8H,2-3,5-6H2,1H3. The summed E-state index contributed by atoms with van der Waals surface area (Å²) in [6.07, 6.45) is 4.03. The first kappa shape index (κ1) is 10.5.